The second-order valence-corrected chi connectivity index (χ2v) is 5.19. The van der Waals surface area contributed by atoms with Crippen LogP contribution in [0.3, 0.4) is 0 Å². The van der Waals surface area contributed by atoms with Gasteiger partial charge in [-0.2, -0.15) is 0 Å². The lowest BCUT2D eigenvalue weighted by Gasteiger charge is -2.15. The molecule has 0 unspecified atom stereocenters. The SMILES string of the molecule is CCc1ccc(-c2nc3n(c2CN)CCCC3)cc1. The molecule has 2 N–H and O–H groups in total. The summed E-state index contributed by atoms with van der Waals surface area (Å²) in [7, 11) is 0. The summed E-state index contributed by atoms with van der Waals surface area (Å²) in [5, 5.41) is 0. The van der Waals surface area contributed by atoms with Crippen LogP contribution in [0.25, 0.3) is 11.3 Å². The Balaban J connectivity index is 2.05. The zero-order valence-corrected chi connectivity index (χ0v) is 11.5. The van der Waals surface area contributed by atoms with Crippen LogP contribution in [-0.2, 0) is 25.9 Å². The van der Waals surface area contributed by atoms with Gasteiger partial charge in [-0.05, 0) is 24.8 Å². The third-order valence-electron chi connectivity index (χ3n) is 4.01. The van der Waals surface area contributed by atoms with Gasteiger partial charge in [0.25, 0.3) is 0 Å². The average molecular weight is 255 g/mol. The Morgan fingerprint density at radius 1 is 1.21 bits per heavy atom. The first-order valence-electron chi connectivity index (χ1n) is 7.21. The van der Waals surface area contributed by atoms with E-state index in [0.717, 1.165) is 25.1 Å². The van der Waals surface area contributed by atoms with Gasteiger partial charge in [0.15, 0.2) is 0 Å². The van der Waals surface area contributed by atoms with E-state index < -0.39 is 0 Å². The van der Waals surface area contributed by atoms with Crippen molar-refractivity contribution in [2.75, 3.05) is 0 Å². The number of imidazole rings is 1. The Morgan fingerprint density at radius 2 is 2.00 bits per heavy atom. The number of hydrogen-bond donors (Lipinski definition) is 1. The van der Waals surface area contributed by atoms with Crippen molar-refractivity contribution < 1.29 is 0 Å². The monoisotopic (exact) mass is 255 g/mol. The van der Waals surface area contributed by atoms with Gasteiger partial charge in [-0.25, -0.2) is 4.98 Å². The highest BCUT2D eigenvalue weighted by Crippen LogP contribution is 2.27. The largest absolute Gasteiger partial charge is 0.330 e. The molecule has 0 saturated carbocycles. The van der Waals surface area contributed by atoms with Crippen LogP contribution in [0.4, 0.5) is 0 Å². The molecule has 19 heavy (non-hydrogen) atoms. The van der Waals surface area contributed by atoms with Crippen LogP contribution in [-0.4, -0.2) is 9.55 Å². The maximum absolute atomic E-state index is 5.95. The third kappa shape index (κ3) is 2.19. The molecule has 3 rings (SSSR count). The maximum atomic E-state index is 5.95. The topological polar surface area (TPSA) is 43.8 Å². The van der Waals surface area contributed by atoms with E-state index in [4.69, 9.17) is 10.7 Å². The Morgan fingerprint density at radius 3 is 2.68 bits per heavy atom. The third-order valence-corrected chi connectivity index (χ3v) is 4.01. The Bertz CT molecular complexity index is 566. The molecular weight excluding hydrogens is 234 g/mol. The maximum Gasteiger partial charge on any atom is 0.109 e. The first-order valence-corrected chi connectivity index (χ1v) is 7.21. The molecule has 100 valence electrons. The summed E-state index contributed by atoms with van der Waals surface area (Å²) in [5.74, 6) is 1.21. The van der Waals surface area contributed by atoms with Crippen molar-refractivity contribution in [1.29, 1.82) is 0 Å². The molecule has 2 aromatic rings. The molecule has 0 amide bonds. The van der Waals surface area contributed by atoms with Crippen LogP contribution < -0.4 is 5.73 Å². The lowest BCUT2D eigenvalue weighted by atomic mass is 10.1. The Hall–Kier alpha value is -1.61. The smallest absolute Gasteiger partial charge is 0.109 e. The van der Waals surface area contributed by atoms with E-state index in [-0.39, 0.29) is 0 Å². The van der Waals surface area contributed by atoms with Crippen LogP contribution in [0.15, 0.2) is 24.3 Å². The molecule has 0 radical (unpaired) electrons. The van der Waals surface area contributed by atoms with E-state index in [1.54, 1.807) is 0 Å². The molecule has 3 nitrogen and oxygen atoms in total. The fourth-order valence-electron chi connectivity index (χ4n) is 2.88. The lowest BCUT2D eigenvalue weighted by Crippen LogP contribution is -2.15. The van der Waals surface area contributed by atoms with Gasteiger partial charge in [0.05, 0.1) is 11.4 Å². The number of aryl methyl sites for hydroxylation is 2. The summed E-state index contributed by atoms with van der Waals surface area (Å²) in [4.78, 5) is 4.83. The van der Waals surface area contributed by atoms with Crippen molar-refractivity contribution in [2.24, 2.45) is 5.73 Å². The Labute approximate surface area is 114 Å². The molecule has 2 heterocycles. The summed E-state index contributed by atoms with van der Waals surface area (Å²) in [6, 6.07) is 8.72. The van der Waals surface area contributed by atoms with Crippen molar-refractivity contribution in [1.82, 2.24) is 9.55 Å². The second-order valence-electron chi connectivity index (χ2n) is 5.19. The number of nitrogens with two attached hydrogens (primary N) is 1. The molecule has 0 atom stereocenters. The van der Waals surface area contributed by atoms with Crippen LogP contribution in [0.1, 0.15) is 36.8 Å². The summed E-state index contributed by atoms with van der Waals surface area (Å²) >= 11 is 0. The highest BCUT2D eigenvalue weighted by atomic mass is 15.1. The molecule has 0 spiro atoms. The van der Waals surface area contributed by atoms with Gasteiger partial charge < -0.3 is 10.3 Å². The minimum absolute atomic E-state index is 0.567. The number of aromatic nitrogens is 2. The number of rotatable bonds is 3. The molecule has 1 aromatic heterocycles. The van der Waals surface area contributed by atoms with Crippen molar-refractivity contribution in [3.63, 3.8) is 0 Å². The van der Waals surface area contributed by atoms with Crippen molar-refractivity contribution in [3.8, 4) is 11.3 Å². The number of nitrogens with zero attached hydrogens (tertiary/aromatic N) is 2. The van der Waals surface area contributed by atoms with E-state index in [2.05, 4.69) is 35.8 Å². The van der Waals surface area contributed by atoms with Gasteiger partial charge in [-0.3, -0.25) is 0 Å². The van der Waals surface area contributed by atoms with Crippen molar-refractivity contribution in [2.45, 2.75) is 45.7 Å². The van der Waals surface area contributed by atoms with Crippen molar-refractivity contribution >= 4 is 0 Å². The fraction of sp³-hybridized carbons (Fsp3) is 0.438. The predicted molar refractivity (Wildman–Crippen MR) is 77.9 cm³/mol. The van der Waals surface area contributed by atoms with E-state index in [1.807, 2.05) is 0 Å². The van der Waals surface area contributed by atoms with Crippen LogP contribution in [0, 0.1) is 0 Å². The standard InChI is InChI=1S/C16H21N3/c1-2-12-6-8-13(9-7-12)16-14(11-17)19-10-4-3-5-15(19)18-16/h6-9H,2-5,10-11,17H2,1H3. The summed E-state index contributed by atoms with van der Waals surface area (Å²) < 4.78 is 2.33. The summed E-state index contributed by atoms with van der Waals surface area (Å²) in [5.41, 5.74) is 10.8. The van der Waals surface area contributed by atoms with Gasteiger partial charge in [-0.1, -0.05) is 31.2 Å². The highest BCUT2D eigenvalue weighted by molar-refractivity contribution is 5.63. The van der Waals surface area contributed by atoms with E-state index >= 15 is 0 Å². The number of fused-ring (bicyclic) bond motifs is 1. The zero-order valence-electron chi connectivity index (χ0n) is 11.5. The normalized spacial score (nSPS) is 14.4. The minimum atomic E-state index is 0.567. The van der Waals surface area contributed by atoms with Gasteiger partial charge >= 0.3 is 0 Å². The Kier molecular flexibility index (Phi) is 3.38. The quantitative estimate of drug-likeness (QED) is 0.916. The average Bonchev–Trinajstić information content (AvgIpc) is 2.85. The molecule has 0 aliphatic carbocycles. The second kappa shape index (κ2) is 5.17. The number of hydrogen-bond acceptors (Lipinski definition) is 2. The molecule has 3 heteroatoms. The summed E-state index contributed by atoms with van der Waals surface area (Å²) in [6.07, 6.45) is 4.64. The molecule has 0 fully saturated rings. The molecule has 0 saturated heterocycles. The first kappa shape index (κ1) is 12.4. The van der Waals surface area contributed by atoms with Gasteiger partial charge in [0.1, 0.15) is 5.82 Å². The van der Waals surface area contributed by atoms with Crippen LogP contribution in [0.2, 0.25) is 0 Å². The first-order chi connectivity index (χ1) is 9.33. The molecular formula is C16H21N3. The van der Waals surface area contributed by atoms with E-state index in [0.29, 0.717) is 6.54 Å². The molecule has 1 aromatic carbocycles. The van der Waals surface area contributed by atoms with Crippen LogP contribution in [0.5, 0.6) is 0 Å². The van der Waals surface area contributed by atoms with Gasteiger partial charge in [0.2, 0.25) is 0 Å². The lowest BCUT2D eigenvalue weighted by molar-refractivity contribution is 0.508. The molecule has 1 aliphatic heterocycles. The van der Waals surface area contributed by atoms with Gasteiger partial charge in [0, 0.05) is 25.1 Å². The predicted octanol–water partition coefficient (Wildman–Crippen LogP) is 2.91. The van der Waals surface area contributed by atoms with E-state index in [1.165, 1.54) is 35.5 Å². The fourth-order valence-corrected chi connectivity index (χ4v) is 2.88. The van der Waals surface area contributed by atoms with Crippen LogP contribution >= 0.6 is 0 Å². The van der Waals surface area contributed by atoms with Gasteiger partial charge in [-0.15, -0.1) is 0 Å². The minimum Gasteiger partial charge on any atom is -0.330 e. The van der Waals surface area contributed by atoms with Crippen molar-refractivity contribution in [3.05, 3.63) is 41.3 Å². The van der Waals surface area contributed by atoms with E-state index in [9.17, 15) is 0 Å². The number of benzene rings is 1. The zero-order chi connectivity index (χ0) is 13.2. The molecule has 0 bridgehead atoms. The summed E-state index contributed by atoms with van der Waals surface area (Å²) in [6.45, 7) is 3.81. The molecule has 1 aliphatic rings. The highest BCUT2D eigenvalue weighted by Gasteiger charge is 2.19.